The summed E-state index contributed by atoms with van der Waals surface area (Å²) in [6.07, 6.45) is 43.7. The Bertz CT molecular complexity index is 2200. The summed E-state index contributed by atoms with van der Waals surface area (Å²) in [6.45, 7) is 1.86. The molecular formula is C54H83N3O16P2. The van der Waals surface area contributed by atoms with E-state index in [1.165, 1.54) is 25.3 Å². The summed E-state index contributed by atoms with van der Waals surface area (Å²) in [7, 11) is -10.9. The summed E-state index contributed by atoms with van der Waals surface area (Å²) in [6, 6.07) is 1.24. The highest BCUT2D eigenvalue weighted by Gasteiger charge is 2.46. The number of phosphoric acid groups is 2. The summed E-state index contributed by atoms with van der Waals surface area (Å²) in [5, 5.41) is 30.9. The van der Waals surface area contributed by atoms with Crippen LogP contribution in [0.25, 0.3) is 0 Å². The van der Waals surface area contributed by atoms with Crippen molar-refractivity contribution in [2.24, 2.45) is 0 Å². The van der Waals surface area contributed by atoms with Crippen LogP contribution in [0.4, 0.5) is 5.82 Å². The number of carbonyl (C=O) groups excluding carboxylic acids is 2. The van der Waals surface area contributed by atoms with E-state index in [1.807, 2.05) is 60.8 Å². The highest BCUT2D eigenvalue weighted by atomic mass is 31.3. The minimum absolute atomic E-state index is 0.00890. The topological polar surface area (TPSA) is 286 Å². The monoisotopic (exact) mass is 1090 g/mol. The second-order valence-corrected chi connectivity index (χ2v) is 20.6. The third-order valence-corrected chi connectivity index (χ3v) is 13.5. The number of aliphatic hydroxyl groups is 3. The Kier molecular flexibility index (Phi) is 36.0. The first-order valence-electron chi connectivity index (χ1n) is 26.0. The molecule has 2 rings (SSSR count). The van der Waals surface area contributed by atoms with Crippen molar-refractivity contribution in [2.45, 2.75) is 173 Å². The van der Waals surface area contributed by atoms with E-state index in [2.05, 4.69) is 59.6 Å². The lowest BCUT2D eigenvalue weighted by molar-refractivity contribution is -0.161. The quantitative estimate of drug-likeness (QED) is 0.0117. The molecule has 0 bridgehead atoms. The zero-order valence-electron chi connectivity index (χ0n) is 43.7. The first-order valence-corrected chi connectivity index (χ1v) is 29.0. The molecule has 0 spiro atoms. The van der Waals surface area contributed by atoms with Gasteiger partial charge in [-0.05, 0) is 83.1 Å². The van der Waals surface area contributed by atoms with Crippen molar-refractivity contribution in [3.63, 3.8) is 0 Å². The lowest BCUT2D eigenvalue weighted by atomic mass is 10.1. The number of esters is 2. The van der Waals surface area contributed by atoms with Gasteiger partial charge in [0.2, 0.25) is 0 Å². The van der Waals surface area contributed by atoms with E-state index in [0.717, 1.165) is 68.6 Å². The zero-order valence-corrected chi connectivity index (χ0v) is 45.4. The number of phosphoric ester groups is 2. The number of unbranched alkanes of at least 4 members (excludes halogenated alkanes) is 6. The maximum Gasteiger partial charge on any atom is 0.481 e. The molecule has 0 radical (unpaired) electrons. The Morgan fingerprint density at radius 1 is 0.707 bits per heavy atom. The van der Waals surface area contributed by atoms with E-state index in [0.29, 0.717) is 32.1 Å². The van der Waals surface area contributed by atoms with E-state index in [9.17, 15) is 48.6 Å². The lowest BCUT2D eigenvalue weighted by Crippen LogP contribution is -2.36. The number of aliphatic hydroxyl groups excluding tert-OH is 3. The van der Waals surface area contributed by atoms with Crippen molar-refractivity contribution in [1.29, 1.82) is 0 Å². The van der Waals surface area contributed by atoms with Gasteiger partial charge >= 0.3 is 33.3 Å². The second-order valence-electron chi connectivity index (χ2n) is 17.5. The van der Waals surface area contributed by atoms with Crippen LogP contribution in [0.5, 0.6) is 0 Å². The Morgan fingerprint density at radius 3 is 1.85 bits per heavy atom. The van der Waals surface area contributed by atoms with Crippen molar-refractivity contribution >= 4 is 33.4 Å². The Labute approximate surface area is 443 Å². The molecule has 2 heterocycles. The molecular weight excluding hydrogens is 1010 g/mol. The summed E-state index contributed by atoms with van der Waals surface area (Å²) >= 11 is 0. The van der Waals surface area contributed by atoms with Gasteiger partial charge in [-0.15, -0.1) is 0 Å². The van der Waals surface area contributed by atoms with Crippen LogP contribution in [-0.4, -0.2) is 96.9 Å². The van der Waals surface area contributed by atoms with E-state index >= 15 is 0 Å². The van der Waals surface area contributed by atoms with Crippen LogP contribution in [-0.2, 0) is 46.3 Å². The maximum absolute atomic E-state index is 12.9. The number of rotatable bonds is 41. The average molecular weight is 1090 g/mol. The predicted molar refractivity (Wildman–Crippen MR) is 290 cm³/mol. The van der Waals surface area contributed by atoms with Crippen LogP contribution >= 0.6 is 15.6 Å². The molecule has 0 amide bonds. The van der Waals surface area contributed by atoms with Crippen LogP contribution in [0.15, 0.2) is 126 Å². The van der Waals surface area contributed by atoms with E-state index in [4.69, 9.17) is 29.0 Å². The molecule has 1 aliphatic heterocycles. The number of aromatic nitrogens is 2. The van der Waals surface area contributed by atoms with Crippen LogP contribution in [0.1, 0.15) is 142 Å². The summed E-state index contributed by atoms with van der Waals surface area (Å²) in [4.78, 5) is 61.9. The second kappa shape index (κ2) is 40.6. The normalized spacial score (nSPS) is 20.1. The highest BCUT2D eigenvalue weighted by Crippen LogP contribution is 2.60. The fourth-order valence-corrected chi connectivity index (χ4v) is 8.98. The van der Waals surface area contributed by atoms with Crippen molar-refractivity contribution < 1.29 is 71.4 Å². The molecule has 0 saturated carbocycles. The van der Waals surface area contributed by atoms with Crippen LogP contribution < -0.4 is 11.4 Å². The third kappa shape index (κ3) is 33.2. The summed E-state index contributed by atoms with van der Waals surface area (Å²) in [5.74, 6) is -1.51. The molecule has 1 aromatic rings. The predicted octanol–water partition coefficient (Wildman–Crippen LogP) is 9.97. The molecule has 1 saturated heterocycles. The number of anilines is 1. The molecule has 75 heavy (non-hydrogen) atoms. The average Bonchev–Trinajstić information content (AvgIpc) is 3.64. The van der Waals surface area contributed by atoms with Crippen molar-refractivity contribution in [1.82, 2.24) is 9.55 Å². The van der Waals surface area contributed by atoms with Gasteiger partial charge in [0.25, 0.3) is 0 Å². The number of carbonyl (C=O) groups is 2. The van der Waals surface area contributed by atoms with Gasteiger partial charge in [-0.2, -0.15) is 9.29 Å². The number of ether oxygens (including phenoxy) is 3. The van der Waals surface area contributed by atoms with Gasteiger partial charge < -0.3 is 45.1 Å². The zero-order chi connectivity index (χ0) is 55.0. The van der Waals surface area contributed by atoms with Crippen LogP contribution in [0, 0.1) is 0 Å². The van der Waals surface area contributed by atoms with E-state index in [1.54, 1.807) is 12.2 Å². The van der Waals surface area contributed by atoms with Gasteiger partial charge in [0.15, 0.2) is 12.3 Å². The van der Waals surface area contributed by atoms with Gasteiger partial charge in [0.1, 0.15) is 30.7 Å². The molecule has 7 N–H and O–H groups in total. The van der Waals surface area contributed by atoms with Crippen molar-refractivity contribution in [2.75, 3.05) is 25.6 Å². The first kappa shape index (κ1) is 66.5. The summed E-state index contributed by atoms with van der Waals surface area (Å²) < 4.78 is 56.6. The minimum atomic E-state index is -5.47. The molecule has 21 heteroatoms. The molecule has 0 aliphatic carbocycles. The van der Waals surface area contributed by atoms with Gasteiger partial charge in [-0.1, -0.05) is 155 Å². The summed E-state index contributed by atoms with van der Waals surface area (Å²) in [5.41, 5.74) is 4.57. The fraction of sp³-hybridized carbons (Fsp3) is 0.556. The number of nitrogen functional groups attached to an aromatic ring is 1. The smallest absolute Gasteiger partial charge is 0.462 e. The molecule has 8 atom stereocenters. The molecule has 1 aromatic heterocycles. The van der Waals surface area contributed by atoms with E-state index in [-0.39, 0.29) is 18.7 Å². The fourth-order valence-electron chi connectivity index (χ4n) is 6.87. The largest absolute Gasteiger partial charge is 0.481 e. The highest BCUT2D eigenvalue weighted by molar-refractivity contribution is 7.61. The van der Waals surface area contributed by atoms with Crippen molar-refractivity contribution in [3.8, 4) is 0 Å². The molecule has 420 valence electrons. The number of hydrogen-bond acceptors (Lipinski definition) is 16. The van der Waals surface area contributed by atoms with Gasteiger partial charge in [-0.3, -0.25) is 23.2 Å². The number of nitrogens with two attached hydrogens (primary N) is 1. The molecule has 0 aromatic carbocycles. The minimum Gasteiger partial charge on any atom is -0.462 e. The Morgan fingerprint density at radius 2 is 1.25 bits per heavy atom. The standard InChI is InChI=1S/C54H83N3O16P2/c1-3-5-7-8-9-10-11-12-13-14-15-16-17-18-21-25-28-31-35-39-50(60)71-46(42-68-49(59)38-34-30-27-24-22-19-20-23-26-29-33-37-45(58)36-32-6-4-2)43-69-74(64,65)73-75(66,67)70-44-47-51(61)52(62)53(72-47)57-41-40-48(55)56-54(57)63/h9-10,12-13,15-16,18-21,24,26-29,31,33,37,40-41,45-47,51-53,58,61-62H,3-8,11,14,17,22-23,25,30,32,34-36,38-39,42-44H2,1-2H3,(H,64,65)(H,66,67)(H2,55,56,63)/b10-9-,13-12-,16-15-,20-19-,21-18-,27-24-,29-26-,31-28-,37-33+/t45-,46-,47-,51-,52-,53-/m1/s1. The molecule has 2 unspecified atom stereocenters. The maximum atomic E-state index is 12.9. The van der Waals surface area contributed by atoms with E-state index < -0.39 is 89.8 Å². The number of allylic oxidation sites excluding steroid dienone is 17. The van der Waals surface area contributed by atoms with Crippen LogP contribution in [0.3, 0.4) is 0 Å². The Balaban J connectivity index is 1.87. The molecule has 19 nitrogen and oxygen atoms in total. The third-order valence-electron chi connectivity index (χ3n) is 10.9. The molecule has 1 fully saturated rings. The number of hydrogen-bond donors (Lipinski definition) is 6. The van der Waals surface area contributed by atoms with Gasteiger partial charge in [0, 0.05) is 19.0 Å². The van der Waals surface area contributed by atoms with Crippen LogP contribution in [0.2, 0.25) is 0 Å². The first-order chi connectivity index (χ1) is 36.1. The molecule has 1 aliphatic rings. The van der Waals surface area contributed by atoms with Crippen molar-refractivity contribution in [3.05, 3.63) is 132 Å². The lowest BCUT2D eigenvalue weighted by Gasteiger charge is -2.21. The van der Waals surface area contributed by atoms with Gasteiger partial charge in [-0.25, -0.2) is 13.9 Å². The number of nitrogens with zero attached hydrogens (tertiary/aromatic N) is 2. The van der Waals surface area contributed by atoms with Gasteiger partial charge in [0.05, 0.1) is 19.3 Å². The SMILES string of the molecule is CCCCC/C=C\C/C=C\C/C=C\C/C=C\C/C=C\CCC(=O)O[C@H](COC(=O)CCC/C=C\C/C=C\C/C=C\C=C\[C@H](O)CCCCC)COP(=O)(O)OP(=O)(O)OC[C@H]1O[C@@H](n2ccc(N)nc2=O)[C@H](O)[C@@H]1O. The Hall–Kier alpha value is -4.62.